The zero-order valence-corrected chi connectivity index (χ0v) is 14.3. The molecular weight excluding hydrogens is 246 g/mol. The zero-order chi connectivity index (χ0) is 15.1. The highest BCUT2D eigenvalue weighted by Crippen LogP contribution is 2.10. The first-order valence-corrected chi connectivity index (χ1v) is 9.04. The van der Waals surface area contributed by atoms with Crippen molar-refractivity contribution >= 4 is 5.91 Å². The minimum absolute atomic E-state index is 0.365. The van der Waals surface area contributed by atoms with E-state index in [4.69, 9.17) is 0 Å². The van der Waals surface area contributed by atoms with Crippen LogP contribution in [0.4, 0.5) is 0 Å². The van der Waals surface area contributed by atoms with Gasteiger partial charge in [0.15, 0.2) is 0 Å². The molecule has 0 aliphatic heterocycles. The number of hydrogen-bond acceptors (Lipinski definition) is 1. The number of unbranched alkanes of at least 4 members (excludes halogenated alkanes) is 9. The van der Waals surface area contributed by atoms with E-state index in [-0.39, 0.29) is 0 Å². The van der Waals surface area contributed by atoms with Crippen molar-refractivity contribution in [1.82, 2.24) is 4.90 Å². The molecule has 120 valence electrons. The van der Waals surface area contributed by atoms with E-state index >= 15 is 0 Å². The third-order valence-electron chi connectivity index (χ3n) is 4.01. The van der Waals surface area contributed by atoms with E-state index in [1.807, 2.05) is 4.90 Å². The van der Waals surface area contributed by atoms with Crippen molar-refractivity contribution in [1.29, 1.82) is 0 Å². The lowest BCUT2D eigenvalue weighted by molar-refractivity contribution is -0.131. The SMILES string of the molecule is CCCCCCCCCCN(CC)C(=O)CCCCC. The van der Waals surface area contributed by atoms with Crippen molar-refractivity contribution in [3.05, 3.63) is 0 Å². The van der Waals surface area contributed by atoms with Crippen molar-refractivity contribution in [2.45, 2.75) is 97.8 Å². The van der Waals surface area contributed by atoms with Crippen molar-refractivity contribution in [3.63, 3.8) is 0 Å². The Morgan fingerprint density at radius 1 is 0.700 bits per heavy atom. The van der Waals surface area contributed by atoms with Crippen LogP contribution in [0.15, 0.2) is 0 Å². The second-order valence-corrected chi connectivity index (χ2v) is 5.91. The van der Waals surface area contributed by atoms with E-state index in [0.717, 1.165) is 25.9 Å². The smallest absolute Gasteiger partial charge is 0.222 e. The Labute approximate surface area is 127 Å². The minimum atomic E-state index is 0.365. The van der Waals surface area contributed by atoms with Gasteiger partial charge in [-0.1, -0.05) is 71.6 Å². The summed E-state index contributed by atoms with van der Waals surface area (Å²) in [6, 6.07) is 0. The Morgan fingerprint density at radius 2 is 1.20 bits per heavy atom. The zero-order valence-electron chi connectivity index (χ0n) is 14.3. The molecule has 0 bridgehead atoms. The van der Waals surface area contributed by atoms with Crippen molar-refractivity contribution < 1.29 is 4.79 Å². The maximum Gasteiger partial charge on any atom is 0.222 e. The molecule has 0 atom stereocenters. The first-order valence-electron chi connectivity index (χ1n) is 9.04. The molecular formula is C18H37NO. The molecule has 0 aromatic carbocycles. The molecule has 1 amide bonds. The van der Waals surface area contributed by atoms with Gasteiger partial charge in [-0.3, -0.25) is 4.79 Å². The van der Waals surface area contributed by atoms with Crippen LogP contribution in [0.1, 0.15) is 97.8 Å². The molecule has 0 aliphatic rings. The Bertz CT molecular complexity index is 215. The summed E-state index contributed by atoms with van der Waals surface area (Å²) >= 11 is 0. The summed E-state index contributed by atoms with van der Waals surface area (Å²) in [6.45, 7) is 8.39. The molecule has 0 rings (SSSR count). The molecule has 20 heavy (non-hydrogen) atoms. The molecule has 0 unspecified atom stereocenters. The Kier molecular flexibility index (Phi) is 14.5. The Hall–Kier alpha value is -0.530. The summed E-state index contributed by atoms with van der Waals surface area (Å²) < 4.78 is 0. The van der Waals surface area contributed by atoms with Crippen LogP contribution in [0.3, 0.4) is 0 Å². The van der Waals surface area contributed by atoms with Crippen LogP contribution in [0, 0.1) is 0 Å². The van der Waals surface area contributed by atoms with Crippen molar-refractivity contribution in [2.75, 3.05) is 13.1 Å². The molecule has 0 saturated heterocycles. The Balaban J connectivity index is 3.51. The Morgan fingerprint density at radius 3 is 1.75 bits per heavy atom. The van der Waals surface area contributed by atoms with E-state index in [0.29, 0.717) is 5.91 Å². The lowest BCUT2D eigenvalue weighted by atomic mass is 10.1. The van der Waals surface area contributed by atoms with Gasteiger partial charge in [-0.25, -0.2) is 0 Å². The molecule has 0 spiro atoms. The monoisotopic (exact) mass is 283 g/mol. The standard InChI is InChI=1S/C18H37NO/c1-4-7-9-10-11-12-13-15-17-19(6-3)18(20)16-14-8-5-2/h4-17H2,1-3H3. The number of nitrogens with zero attached hydrogens (tertiary/aromatic N) is 1. The first kappa shape index (κ1) is 19.5. The fourth-order valence-electron chi connectivity index (χ4n) is 2.58. The number of carbonyl (C=O) groups is 1. The van der Waals surface area contributed by atoms with E-state index in [1.54, 1.807) is 0 Å². The second-order valence-electron chi connectivity index (χ2n) is 5.91. The molecule has 0 radical (unpaired) electrons. The van der Waals surface area contributed by atoms with Crippen LogP contribution in [0.5, 0.6) is 0 Å². The second kappa shape index (κ2) is 14.9. The van der Waals surface area contributed by atoms with Gasteiger partial charge in [-0.2, -0.15) is 0 Å². The van der Waals surface area contributed by atoms with E-state index in [2.05, 4.69) is 20.8 Å². The predicted molar refractivity (Wildman–Crippen MR) is 89.0 cm³/mol. The normalized spacial score (nSPS) is 10.8. The lowest BCUT2D eigenvalue weighted by Crippen LogP contribution is -2.31. The van der Waals surface area contributed by atoms with Crippen LogP contribution in [-0.4, -0.2) is 23.9 Å². The highest BCUT2D eigenvalue weighted by atomic mass is 16.2. The maximum atomic E-state index is 12.0. The third kappa shape index (κ3) is 11.3. The molecule has 2 heteroatoms. The fraction of sp³-hybridized carbons (Fsp3) is 0.944. The third-order valence-corrected chi connectivity index (χ3v) is 4.01. The summed E-state index contributed by atoms with van der Waals surface area (Å²) in [7, 11) is 0. The maximum absolute atomic E-state index is 12.0. The summed E-state index contributed by atoms with van der Waals surface area (Å²) in [5.74, 6) is 0.365. The summed E-state index contributed by atoms with van der Waals surface area (Å²) in [5.41, 5.74) is 0. The highest BCUT2D eigenvalue weighted by molar-refractivity contribution is 5.76. The molecule has 0 fully saturated rings. The van der Waals surface area contributed by atoms with Crippen LogP contribution in [-0.2, 0) is 4.79 Å². The van der Waals surface area contributed by atoms with Gasteiger partial charge in [0.05, 0.1) is 0 Å². The summed E-state index contributed by atoms with van der Waals surface area (Å²) in [4.78, 5) is 14.1. The fourth-order valence-corrected chi connectivity index (χ4v) is 2.58. The van der Waals surface area contributed by atoms with Gasteiger partial charge in [0.2, 0.25) is 5.91 Å². The first-order chi connectivity index (χ1) is 9.76. The van der Waals surface area contributed by atoms with Gasteiger partial charge in [0, 0.05) is 19.5 Å². The minimum Gasteiger partial charge on any atom is -0.343 e. The quantitative estimate of drug-likeness (QED) is 0.382. The van der Waals surface area contributed by atoms with E-state index in [1.165, 1.54) is 64.2 Å². The van der Waals surface area contributed by atoms with Crippen molar-refractivity contribution in [2.24, 2.45) is 0 Å². The van der Waals surface area contributed by atoms with Gasteiger partial charge in [-0.15, -0.1) is 0 Å². The average molecular weight is 284 g/mol. The predicted octanol–water partition coefficient (Wildman–Crippen LogP) is 5.56. The number of carbonyl (C=O) groups excluding carboxylic acids is 1. The van der Waals surface area contributed by atoms with Gasteiger partial charge in [0.25, 0.3) is 0 Å². The molecule has 0 N–H and O–H groups in total. The van der Waals surface area contributed by atoms with E-state index in [9.17, 15) is 4.79 Å². The molecule has 0 aromatic heterocycles. The van der Waals surface area contributed by atoms with Crippen LogP contribution >= 0.6 is 0 Å². The lowest BCUT2D eigenvalue weighted by Gasteiger charge is -2.20. The molecule has 0 heterocycles. The molecule has 0 saturated carbocycles. The summed E-state index contributed by atoms with van der Waals surface area (Å²) in [5, 5.41) is 0. The number of hydrogen-bond donors (Lipinski definition) is 0. The van der Waals surface area contributed by atoms with Crippen molar-refractivity contribution in [3.8, 4) is 0 Å². The molecule has 2 nitrogen and oxygen atoms in total. The van der Waals surface area contributed by atoms with Crippen LogP contribution < -0.4 is 0 Å². The van der Waals surface area contributed by atoms with Gasteiger partial charge < -0.3 is 4.90 Å². The molecule has 0 aromatic rings. The van der Waals surface area contributed by atoms with Crippen LogP contribution in [0.25, 0.3) is 0 Å². The summed E-state index contributed by atoms with van der Waals surface area (Å²) in [6.07, 6.45) is 14.9. The van der Waals surface area contributed by atoms with Gasteiger partial charge in [-0.05, 0) is 19.8 Å². The average Bonchev–Trinajstić information content (AvgIpc) is 2.46. The van der Waals surface area contributed by atoms with Gasteiger partial charge in [0.1, 0.15) is 0 Å². The number of rotatable bonds is 14. The van der Waals surface area contributed by atoms with E-state index < -0.39 is 0 Å². The van der Waals surface area contributed by atoms with Gasteiger partial charge >= 0.3 is 0 Å². The topological polar surface area (TPSA) is 20.3 Å². The number of amides is 1. The largest absolute Gasteiger partial charge is 0.343 e. The van der Waals surface area contributed by atoms with Crippen LogP contribution in [0.2, 0.25) is 0 Å². The molecule has 0 aliphatic carbocycles. The highest BCUT2D eigenvalue weighted by Gasteiger charge is 2.10.